The predicted molar refractivity (Wildman–Crippen MR) is 283 cm³/mol. The second kappa shape index (κ2) is 33.5. The van der Waals surface area contributed by atoms with E-state index in [0.29, 0.717) is 73.9 Å². The van der Waals surface area contributed by atoms with Crippen LogP contribution in [0, 0.1) is 0 Å². The van der Waals surface area contributed by atoms with Crippen molar-refractivity contribution in [1.29, 1.82) is 0 Å². The highest BCUT2D eigenvalue weighted by molar-refractivity contribution is 7.80. The van der Waals surface area contributed by atoms with Gasteiger partial charge in [0, 0.05) is 128 Å². The Hall–Kier alpha value is -8.61. The van der Waals surface area contributed by atoms with Gasteiger partial charge in [-0.2, -0.15) is 12.6 Å². The molecule has 5 rings (SSSR count). The molecule has 0 aromatic carbocycles. The Morgan fingerprint density at radius 3 is 1.34 bits per heavy atom. The number of nitrogens with zero attached hydrogens (tertiary/aromatic N) is 8. The highest BCUT2D eigenvalue weighted by Crippen LogP contribution is 2.10. The minimum absolute atomic E-state index is 0.0903. The van der Waals surface area contributed by atoms with Crippen LogP contribution in [-0.2, 0) is 75.2 Å². The maximum absolute atomic E-state index is 14.4. The first-order valence-electron chi connectivity index (χ1n) is 25.4. The molecule has 0 saturated heterocycles. The van der Waals surface area contributed by atoms with E-state index < -0.39 is 83.7 Å². The standard InChI is InChI=1S/C47H67N21O10S/c48-33(6-3-4-8-55-40(69)7-2-1-5-10-78-11-9-61-68-49)41(70)62-34(12-28-17-50-23-56-28)42(71)63-35(13-29-18-51-24-57-29)43(72)64-37(15-31-20-53-26-59-31)45(74)67-39(22-79)46(75)65-36(14-30-19-52-25-58-30)44(73)66-38(47(76)77)16-32-21-54-27-60-32/h17-21,23-27,33-39,79H,1-16,22,48H2,(H,50,56)(H,51,57)(H,52,58)(H,53,59)(H,54,60)(H,55,69)(H,62,70)(H,63,71)(H,64,72)(H,65,75)(H,66,73)(H,67,74)(H,76,77). The van der Waals surface area contributed by atoms with Gasteiger partial charge in [0.25, 0.3) is 0 Å². The normalized spacial score (nSPS) is 13.7. The summed E-state index contributed by atoms with van der Waals surface area (Å²) in [4.78, 5) is 145. The lowest BCUT2D eigenvalue weighted by Gasteiger charge is -2.27. The molecule has 5 aromatic heterocycles. The van der Waals surface area contributed by atoms with E-state index in [9.17, 15) is 43.5 Å². The molecule has 426 valence electrons. The highest BCUT2D eigenvalue weighted by Gasteiger charge is 2.35. The number of imidazole rings is 5. The Morgan fingerprint density at radius 1 is 0.557 bits per heavy atom. The van der Waals surface area contributed by atoms with Gasteiger partial charge in [-0.1, -0.05) is 11.5 Å². The molecule has 0 aliphatic rings. The number of unbranched alkanes of at least 4 members (excludes halogenated alkanes) is 3. The summed E-state index contributed by atoms with van der Waals surface area (Å²) >= 11 is 4.31. The lowest BCUT2D eigenvalue weighted by molar-refractivity contribution is -0.142. The van der Waals surface area contributed by atoms with E-state index in [0.717, 1.165) is 12.8 Å². The van der Waals surface area contributed by atoms with Crippen molar-refractivity contribution in [2.45, 2.75) is 119 Å². The fraction of sp³-hybridized carbons (Fsp3) is 0.511. The number of amides is 7. The molecule has 0 spiro atoms. The molecule has 0 radical (unpaired) electrons. The van der Waals surface area contributed by atoms with Crippen molar-refractivity contribution in [3.63, 3.8) is 0 Å². The molecular weight excluding hydrogens is 1050 g/mol. The number of aromatic nitrogens is 10. The molecular formula is C47H67N21O10S. The molecule has 0 fully saturated rings. The number of carbonyl (C=O) groups excluding carboxylic acids is 7. The summed E-state index contributed by atoms with van der Waals surface area (Å²) in [6, 6.07) is -9.38. The second-order valence-corrected chi connectivity index (χ2v) is 18.5. The van der Waals surface area contributed by atoms with Crippen LogP contribution in [0.5, 0.6) is 0 Å². The number of aliphatic carboxylic acids is 1. The molecule has 31 nitrogen and oxygen atoms in total. The van der Waals surface area contributed by atoms with Gasteiger partial charge in [-0.05, 0) is 37.6 Å². The third-order valence-electron chi connectivity index (χ3n) is 12.0. The number of hydrogen-bond acceptors (Lipinski definition) is 17. The van der Waals surface area contributed by atoms with Crippen LogP contribution >= 0.6 is 12.6 Å². The fourth-order valence-electron chi connectivity index (χ4n) is 7.81. The van der Waals surface area contributed by atoms with Gasteiger partial charge >= 0.3 is 5.97 Å². The van der Waals surface area contributed by atoms with Crippen LogP contribution in [0.4, 0.5) is 0 Å². The molecule has 79 heavy (non-hydrogen) atoms. The SMILES string of the molecule is [N-]=[N+]=NCCOCCCCCC(=O)NCCCCC(N)C(=O)NC(Cc1cnc[nH]1)C(=O)NC(Cc1cnc[nH]1)C(=O)NC(Cc1cnc[nH]1)C(=O)NC(CS)C(=O)NC(Cc1cnc[nH]1)C(=O)NC(Cc1cnc[nH]1)C(=O)O. The Bertz CT molecular complexity index is 2680. The van der Waals surface area contributed by atoms with Gasteiger partial charge < -0.3 is 77.7 Å². The summed E-state index contributed by atoms with van der Waals surface area (Å²) in [6.07, 6.45) is 17.0. The highest BCUT2D eigenvalue weighted by atomic mass is 32.1. The number of azide groups is 1. The molecule has 7 amide bonds. The molecule has 7 unspecified atom stereocenters. The summed E-state index contributed by atoms with van der Waals surface area (Å²) in [5.41, 5.74) is 16.7. The van der Waals surface area contributed by atoms with Crippen LogP contribution < -0.4 is 43.0 Å². The minimum atomic E-state index is -1.43. The molecule has 5 heterocycles. The van der Waals surface area contributed by atoms with Crippen LogP contribution in [0.15, 0.2) is 67.7 Å². The van der Waals surface area contributed by atoms with Gasteiger partial charge in [-0.3, -0.25) is 33.6 Å². The second-order valence-electron chi connectivity index (χ2n) is 18.1. The van der Waals surface area contributed by atoms with E-state index in [1.165, 1.54) is 62.6 Å². The molecule has 0 aliphatic heterocycles. The first kappa shape index (κ1) is 61.2. The van der Waals surface area contributed by atoms with Gasteiger partial charge in [-0.15, -0.1) is 0 Å². The number of carbonyl (C=O) groups is 8. The van der Waals surface area contributed by atoms with Crippen LogP contribution in [-0.4, -0.2) is 177 Å². The number of nitrogens with one attached hydrogen (secondary N) is 12. The lowest BCUT2D eigenvalue weighted by Crippen LogP contribution is -2.61. The molecule has 5 aromatic rings. The number of nitrogens with two attached hydrogens (primary N) is 1. The number of rotatable bonds is 38. The number of ether oxygens (including phenoxy) is 1. The molecule has 0 saturated carbocycles. The Balaban J connectivity index is 1.21. The molecule has 7 atom stereocenters. The minimum Gasteiger partial charge on any atom is -0.480 e. The molecule has 15 N–H and O–H groups in total. The number of carboxylic acids is 1. The Morgan fingerprint density at radius 2 is 0.949 bits per heavy atom. The maximum atomic E-state index is 14.4. The summed E-state index contributed by atoms with van der Waals surface area (Å²) < 4.78 is 5.36. The molecule has 32 heteroatoms. The van der Waals surface area contributed by atoms with Gasteiger partial charge in [0.1, 0.15) is 36.3 Å². The predicted octanol–water partition coefficient (Wildman–Crippen LogP) is -1.76. The number of carboxylic acid groups (broad SMARTS) is 1. The zero-order valence-corrected chi connectivity index (χ0v) is 44.0. The number of thiol groups is 1. The van der Waals surface area contributed by atoms with E-state index >= 15 is 0 Å². The maximum Gasteiger partial charge on any atom is 0.326 e. The van der Waals surface area contributed by atoms with E-state index in [1.807, 2.05) is 0 Å². The first-order valence-corrected chi connectivity index (χ1v) is 26.0. The van der Waals surface area contributed by atoms with Gasteiger partial charge in [-0.25, -0.2) is 29.7 Å². The van der Waals surface area contributed by atoms with Crippen molar-refractivity contribution >= 4 is 59.9 Å². The lowest BCUT2D eigenvalue weighted by atomic mass is 10.0. The Kier molecular flexibility index (Phi) is 26.0. The van der Waals surface area contributed by atoms with Gasteiger partial charge in [0.15, 0.2) is 0 Å². The van der Waals surface area contributed by atoms with E-state index in [1.54, 1.807) is 0 Å². The molecule has 0 bridgehead atoms. The van der Waals surface area contributed by atoms with Crippen molar-refractivity contribution in [2.24, 2.45) is 10.8 Å². The van der Waals surface area contributed by atoms with Crippen LogP contribution in [0.3, 0.4) is 0 Å². The van der Waals surface area contributed by atoms with E-state index in [-0.39, 0.29) is 56.7 Å². The smallest absolute Gasteiger partial charge is 0.326 e. The fourth-order valence-corrected chi connectivity index (χ4v) is 8.07. The van der Waals surface area contributed by atoms with E-state index in [4.69, 9.17) is 16.0 Å². The van der Waals surface area contributed by atoms with Crippen molar-refractivity contribution in [1.82, 2.24) is 87.1 Å². The average molecular weight is 1120 g/mol. The largest absolute Gasteiger partial charge is 0.480 e. The summed E-state index contributed by atoms with van der Waals surface area (Å²) in [7, 11) is 0. The zero-order valence-electron chi connectivity index (χ0n) is 43.1. The number of aromatic amines is 5. The van der Waals surface area contributed by atoms with Gasteiger partial charge in [0.05, 0.1) is 44.3 Å². The van der Waals surface area contributed by atoms with Crippen LogP contribution in [0.2, 0.25) is 0 Å². The van der Waals surface area contributed by atoms with Crippen molar-refractivity contribution in [3.8, 4) is 0 Å². The van der Waals surface area contributed by atoms with Crippen molar-refractivity contribution < 1.29 is 48.2 Å². The average Bonchev–Trinajstić information content (AvgIpc) is 4.32. The van der Waals surface area contributed by atoms with Crippen LogP contribution in [0.25, 0.3) is 10.4 Å². The zero-order chi connectivity index (χ0) is 56.8. The monoisotopic (exact) mass is 1120 g/mol. The summed E-state index contributed by atoms with van der Waals surface area (Å²) in [5.74, 6) is -6.66. The number of H-pyrrole nitrogens is 5. The van der Waals surface area contributed by atoms with E-state index in [2.05, 4.69) is 110 Å². The summed E-state index contributed by atoms with van der Waals surface area (Å²) in [5, 5.41) is 31.9. The Labute approximate surface area is 457 Å². The quantitative estimate of drug-likeness (QED) is 0.00684. The molecule has 0 aliphatic carbocycles. The third-order valence-corrected chi connectivity index (χ3v) is 12.4. The summed E-state index contributed by atoms with van der Waals surface area (Å²) in [6.45, 7) is 1.49. The van der Waals surface area contributed by atoms with Crippen LogP contribution in [0.1, 0.15) is 73.4 Å². The third kappa shape index (κ3) is 22.1. The first-order chi connectivity index (χ1) is 38.2. The van der Waals surface area contributed by atoms with Gasteiger partial charge in [0.2, 0.25) is 41.4 Å². The van der Waals surface area contributed by atoms with Crippen molar-refractivity contribution in [3.05, 3.63) is 102 Å². The topological polar surface area (TPSA) is 468 Å². The van der Waals surface area contributed by atoms with Crippen molar-refractivity contribution in [2.75, 3.05) is 32.1 Å². The number of hydrogen-bond donors (Lipinski definition) is 15.